The lowest BCUT2D eigenvalue weighted by Gasteiger charge is -2.07. The van der Waals surface area contributed by atoms with Crippen LogP contribution >= 0.6 is 0 Å². The average Bonchev–Trinajstić information content (AvgIpc) is 2.45. The van der Waals surface area contributed by atoms with Crippen molar-refractivity contribution in [2.24, 2.45) is 0 Å². The molecule has 0 atom stereocenters. The fourth-order valence-corrected chi connectivity index (χ4v) is 3.03. The minimum absolute atomic E-state index is 0.152. The standard InChI is InChI=1S/C15H25NO3S/c1-2-3-4-5-12-16-20(18,19)15-10-8-14(9-11-15)7-6-13-17/h8-11,16-17H,2-7,12-13H2,1H3. The van der Waals surface area contributed by atoms with E-state index in [1.165, 1.54) is 0 Å². The van der Waals surface area contributed by atoms with Crippen LogP contribution in [-0.4, -0.2) is 26.7 Å². The summed E-state index contributed by atoms with van der Waals surface area (Å²) in [4.78, 5) is 0.306. The van der Waals surface area contributed by atoms with Crippen LogP contribution in [0.2, 0.25) is 0 Å². The summed E-state index contributed by atoms with van der Waals surface area (Å²) in [5.74, 6) is 0. The van der Waals surface area contributed by atoms with E-state index in [0.29, 0.717) is 17.9 Å². The number of benzene rings is 1. The minimum Gasteiger partial charge on any atom is -0.396 e. The molecule has 1 aromatic carbocycles. The van der Waals surface area contributed by atoms with Crippen molar-refractivity contribution < 1.29 is 13.5 Å². The Bertz CT molecular complexity index is 468. The molecule has 0 fully saturated rings. The van der Waals surface area contributed by atoms with Crippen molar-refractivity contribution in [2.75, 3.05) is 13.2 Å². The van der Waals surface area contributed by atoms with Crippen molar-refractivity contribution in [3.05, 3.63) is 29.8 Å². The molecule has 0 aromatic heterocycles. The normalized spacial score (nSPS) is 11.7. The molecule has 1 aromatic rings. The fraction of sp³-hybridized carbons (Fsp3) is 0.600. The molecule has 0 heterocycles. The van der Waals surface area contributed by atoms with Gasteiger partial charge in [0.1, 0.15) is 0 Å². The molecule has 0 unspecified atom stereocenters. The molecule has 0 saturated heterocycles. The number of aryl methyl sites for hydroxylation is 1. The summed E-state index contributed by atoms with van der Waals surface area (Å²) in [6.07, 6.45) is 5.67. The monoisotopic (exact) mass is 299 g/mol. The molecule has 0 amide bonds. The van der Waals surface area contributed by atoms with Crippen LogP contribution in [0, 0.1) is 0 Å². The number of hydrogen-bond acceptors (Lipinski definition) is 3. The smallest absolute Gasteiger partial charge is 0.240 e. The zero-order valence-electron chi connectivity index (χ0n) is 12.1. The van der Waals surface area contributed by atoms with Crippen LogP contribution in [0.3, 0.4) is 0 Å². The third kappa shape index (κ3) is 6.03. The van der Waals surface area contributed by atoms with Gasteiger partial charge in [-0.05, 0) is 37.0 Å². The first-order valence-corrected chi connectivity index (χ1v) is 8.78. The summed E-state index contributed by atoms with van der Waals surface area (Å²) < 4.78 is 26.7. The fourth-order valence-electron chi connectivity index (χ4n) is 1.96. The molecular weight excluding hydrogens is 274 g/mol. The van der Waals surface area contributed by atoms with Crippen molar-refractivity contribution in [1.29, 1.82) is 0 Å². The number of rotatable bonds is 10. The van der Waals surface area contributed by atoms with E-state index < -0.39 is 10.0 Å². The summed E-state index contributed by atoms with van der Waals surface area (Å²) in [5, 5.41) is 8.76. The Morgan fingerprint density at radius 2 is 1.75 bits per heavy atom. The lowest BCUT2D eigenvalue weighted by Crippen LogP contribution is -2.24. The number of hydrogen-bond donors (Lipinski definition) is 2. The molecule has 0 aliphatic rings. The Kier molecular flexibility index (Phi) is 7.80. The van der Waals surface area contributed by atoms with Crippen LogP contribution in [0.1, 0.15) is 44.6 Å². The summed E-state index contributed by atoms with van der Waals surface area (Å²) in [5.41, 5.74) is 1.04. The second-order valence-corrected chi connectivity index (χ2v) is 6.70. The van der Waals surface area contributed by atoms with Gasteiger partial charge in [0.25, 0.3) is 0 Å². The maximum atomic E-state index is 12.0. The van der Waals surface area contributed by atoms with E-state index >= 15 is 0 Å². The minimum atomic E-state index is -3.38. The Hall–Kier alpha value is -0.910. The molecule has 20 heavy (non-hydrogen) atoms. The second kappa shape index (κ2) is 9.10. The van der Waals surface area contributed by atoms with Crippen LogP contribution in [-0.2, 0) is 16.4 Å². The van der Waals surface area contributed by atoms with E-state index in [2.05, 4.69) is 11.6 Å². The average molecular weight is 299 g/mol. The quantitative estimate of drug-likeness (QED) is 0.652. The van der Waals surface area contributed by atoms with E-state index in [4.69, 9.17) is 5.11 Å². The lowest BCUT2D eigenvalue weighted by atomic mass is 10.1. The summed E-state index contributed by atoms with van der Waals surface area (Å²) in [6, 6.07) is 6.87. The molecule has 0 aliphatic heterocycles. The van der Waals surface area contributed by atoms with Crippen LogP contribution in [0.4, 0.5) is 0 Å². The van der Waals surface area contributed by atoms with Crippen molar-refractivity contribution >= 4 is 10.0 Å². The molecule has 4 nitrogen and oxygen atoms in total. The predicted molar refractivity (Wildman–Crippen MR) is 81.2 cm³/mol. The summed E-state index contributed by atoms with van der Waals surface area (Å²) in [6.45, 7) is 2.77. The molecule has 0 saturated carbocycles. The van der Waals surface area contributed by atoms with E-state index in [1.54, 1.807) is 24.3 Å². The van der Waals surface area contributed by atoms with Gasteiger partial charge in [0, 0.05) is 13.2 Å². The van der Waals surface area contributed by atoms with Crippen LogP contribution in [0.5, 0.6) is 0 Å². The Labute approximate surface area is 122 Å². The third-order valence-corrected chi connectivity index (χ3v) is 4.66. The van der Waals surface area contributed by atoms with Crippen LogP contribution in [0.15, 0.2) is 29.2 Å². The Morgan fingerprint density at radius 3 is 2.35 bits per heavy atom. The van der Waals surface area contributed by atoms with Gasteiger partial charge >= 0.3 is 0 Å². The van der Waals surface area contributed by atoms with Gasteiger partial charge < -0.3 is 5.11 Å². The Morgan fingerprint density at radius 1 is 1.05 bits per heavy atom. The highest BCUT2D eigenvalue weighted by atomic mass is 32.2. The van der Waals surface area contributed by atoms with Gasteiger partial charge in [-0.25, -0.2) is 13.1 Å². The van der Waals surface area contributed by atoms with Crippen LogP contribution in [0.25, 0.3) is 0 Å². The highest BCUT2D eigenvalue weighted by Gasteiger charge is 2.12. The van der Waals surface area contributed by atoms with Crippen molar-refractivity contribution in [3.8, 4) is 0 Å². The molecule has 0 radical (unpaired) electrons. The third-order valence-electron chi connectivity index (χ3n) is 3.18. The molecule has 2 N–H and O–H groups in total. The zero-order chi connectivity index (χ0) is 14.8. The van der Waals surface area contributed by atoms with Gasteiger partial charge in [0.15, 0.2) is 0 Å². The molecule has 5 heteroatoms. The topological polar surface area (TPSA) is 66.4 Å². The highest BCUT2D eigenvalue weighted by Crippen LogP contribution is 2.12. The van der Waals surface area contributed by atoms with Gasteiger partial charge in [-0.15, -0.1) is 0 Å². The van der Waals surface area contributed by atoms with E-state index in [9.17, 15) is 8.42 Å². The van der Waals surface area contributed by atoms with E-state index in [1.807, 2.05) is 0 Å². The first kappa shape index (κ1) is 17.1. The number of nitrogens with one attached hydrogen (secondary N) is 1. The first-order valence-electron chi connectivity index (χ1n) is 7.29. The zero-order valence-corrected chi connectivity index (χ0v) is 13.0. The van der Waals surface area contributed by atoms with Crippen LogP contribution < -0.4 is 4.72 Å². The largest absolute Gasteiger partial charge is 0.396 e. The van der Waals surface area contributed by atoms with Gasteiger partial charge in [0.05, 0.1) is 4.90 Å². The second-order valence-electron chi connectivity index (χ2n) is 4.93. The van der Waals surface area contributed by atoms with E-state index in [-0.39, 0.29) is 6.61 Å². The highest BCUT2D eigenvalue weighted by molar-refractivity contribution is 7.89. The summed E-state index contributed by atoms with van der Waals surface area (Å²) >= 11 is 0. The predicted octanol–water partition coefficient (Wildman–Crippen LogP) is 2.47. The van der Waals surface area contributed by atoms with Gasteiger partial charge in [-0.2, -0.15) is 0 Å². The first-order chi connectivity index (χ1) is 9.60. The number of aliphatic hydroxyl groups is 1. The molecule has 0 bridgehead atoms. The molecular formula is C15H25NO3S. The maximum Gasteiger partial charge on any atom is 0.240 e. The van der Waals surface area contributed by atoms with E-state index in [0.717, 1.165) is 37.7 Å². The number of sulfonamides is 1. The molecule has 0 spiro atoms. The molecule has 114 valence electrons. The Balaban J connectivity index is 2.50. The van der Waals surface area contributed by atoms with Gasteiger partial charge in [-0.1, -0.05) is 38.3 Å². The molecule has 0 aliphatic carbocycles. The lowest BCUT2D eigenvalue weighted by molar-refractivity contribution is 0.288. The number of unbranched alkanes of at least 4 members (excludes halogenated alkanes) is 3. The SMILES string of the molecule is CCCCCCNS(=O)(=O)c1ccc(CCCO)cc1. The van der Waals surface area contributed by atoms with Crippen molar-refractivity contribution in [3.63, 3.8) is 0 Å². The van der Waals surface area contributed by atoms with Crippen molar-refractivity contribution in [1.82, 2.24) is 4.72 Å². The van der Waals surface area contributed by atoms with Gasteiger partial charge in [-0.3, -0.25) is 0 Å². The maximum absolute atomic E-state index is 12.0. The summed E-state index contributed by atoms with van der Waals surface area (Å²) in [7, 11) is -3.38. The van der Waals surface area contributed by atoms with Crippen molar-refractivity contribution in [2.45, 2.75) is 50.3 Å². The van der Waals surface area contributed by atoms with Gasteiger partial charge in [0.2, 0.25) is 10.0 Å². The number of aliphatic hydroxyl groups excluding tert-OH is 1. The molecule has 1 rings (SSSR count).